The molecule has 1 aromatic carbocycles. The lowest BCUT2D eigenvalue weighted by Gasteiger charge is -2.07. The minimum atomic E-state index is -0.112. The normalized spacial score (nSPS) is 10.8. The van der Waals surface area contributed by atoms with Gasteiger partial charge in [-0.15, -0.1) is 0 Å². The third kappa shape index (κ3) is 2.35. The Labute approximate surface area is 114 Å². The van der Waals surface area contributed by atoms with E-state index in [4.69, 9.17) is 11.6 Å². The van der Waals surface area contributed by atoms with Crippen LogP contribution in [-0.4, -0.2) is 14.5 Å². The summed E-state index contributed by atoms with van der Waals surface area (Å²) in [4.78, 5) is 19.9. The van der Waals surface area contributed by atoms with Crippen LogP contribution in [-0.2, 0) is 6.54 Å². The van der Waals surface area contributed by atoms with Crippen LogP contribution in [0.5, 0.6) is 0 Å². The Bertz CT molecular complexity index is 798. The molecule has 0 N–H and O–H groups in total. The smallest absolute Gasteiger partial charge is 0.253 e. The molecule has 0 aliphatic rings. The largest absolute Gasteiger partial charge is 0.295 e. The van der Waals surface area contributed by atoms with Gasteiger partial charge >= 0.3 is 0 Å². The average molecular weight is 272 g/mol. The molecule has 0 spiro atoms. The SMILES string of the molecule is O=c1ccncn1Cc1cc2ccccc2nc1Cl. The van der Waals surface area contributed by atoms with E-state index in [0.717, 1.165) is 16.5 Å². The van der Waals surface area contributed by atoms with E-state index in [2.05, 4.69) is 9.97 Å². The number of benzene rings is 1. The first-order chi connectivity index (χ1) is 9.24. The highest BCUT2D eigenvalue weighted by molar-refractivity contribution is 6.30. The Hall–Kier alpha value is -2.20. The highest BCUT2D eigenvalue weighted by atomic mass is 35.5. The van der Waals surface area contributed by atoms with E-state index in [9.17, 15) is 4.79 Å². The van der Waals surface area contributed by atoms with E-state index >= 15 is 0 Å². The van der Waals surface area contributed by atoms with Crippen molar-refractivity contribution < 1.29 is 0 Å². The molecule has 4 nitrogen and oxygen atoms in total. The fourth-order valence-electron chi connectivity index (χ4n) is 1.93. The van der Waals surface area contributed by atoms with Crippen LogP contribution < -0.4 is 5.56 Å². The zero-order chi connectivity index (χ0) is 13.2. The molecular weight excluding hydrogens is 262 g/mol. The number of hydrogen-bond donors (Lipinski definition) is 0. The van der Waals surface area contributed by atoms with Gasteiger partial charge in [0.15, 0.2) is 0 Å². The third-order valence-corrected chi connectivity index (χ3v) is 3.21. The third-order valence-electron chi connectivity index (χ3n) is 2.88. The van der Waals surface area contributed by atoms with Crippen LogP contribution in [0.3, 0.4) is 0 Å². The van der Waals surface area contributed by atoms with E-state index in [1.54, 1.807) is 0 Å². The zero-order valence-electron chi connectivity index (χ0n) is 9.95. The maximum Gasteiger partial charge on any atom is 0.253 e. The molecule has 2 heterocycles. The monoisotopic (exact) mass is 271 g/mol. The van der Waals surface area contributed by atoms with Crippen molar-refractivity contribution in [1.82, 2.24) is 14.5 Å². The number of aromatic nitrogens is 3. The van der Waals surface area contributed by atoms with Gasteiger partial charge in [0.25, 0.3) is 5.56 Å². The summed E-state index contributed by atoms with van der Waals surface area (Å²) < 4.78 is 1.50. The van der Waals surface area contributed by atoms with Gasteiger partial charge in [-0.2, -0.15) is 0 Å². The van der Waals surface area contributed by atoms with Crippen molar-refractivity contribution in [2.24, 2.45) is 0 Å². The number of rotatable bonds is 2. The predicted molar refractivity (Wildman–Crippen MR) is 74.4 cm³/mol. The molecule has 2 aromatic heterocycles. The molecule has 3 aromatic rings. The van der Waals surface area contributed by atoms with Crippen LogP contribution in [0.25, 0.3) is 10.9 Å². The summed E-state index contributed by atoms with van der Waals surface area (Å²) >= 11 is 6.16. The molecule has 0 radical (unpaired) electrons. The molecule has 3 rings (SSSR count). The zero-order valence-corrected chi connectivity index (χ0v) is 10.7. The van der Waals surface area contributed by atoms with Crippen molar-refractivity contribution in [3.05, 3.63) is 70.0 Å². The molecule has 0 saturated heterocycles. The summed E-state index contributed by atoms with van der Waals surface area (Å²) in [6.45, 7) is 0.364. The van der Waals surface area contributed by atoms with Crippen LogP contribution in [0, 0.1) is 0 Å². The molecule has 5 heteroatoms. The van der Waals surface area contributed by atoms with Crippen LogP contribution in [0.15, 0.2) is 53.7 Å². The minimum absolute atomic E-state index is 0.112. The fourth-order valence-corrected chi connectivity index (χ4v) is 2.13. The topological polar surface area (TPSA) is 47.8 Å². The first kappa shape index (κ1) is 11.9. The van der Waals surface area contributed by atoms with Gasteiger partial charge in [-0.1, -0.05) is 29.8 Å². The van der Waals surface area contributed by atoms with Gasteiger partial charge in [-0.25, -0.2) is 9.97 Å². The first-order valence-electron chi connectivity index (χ1n) is 5.79. The fraction of sp³-hybridized carbons (Fsp3) is 0.0714. The second-order valence-corrected chi connectivity index (χ2v) is 4.54. The van der Waals surface area contributed by atoms with Crippen molar-refractivity contribution in [2.75, 3.05) is 0 Å². The predicted octanol–water partition coefficient (Wildman–Crippen LogP) is 2.49. The van der Waals surface area contributed by atoms with E-state index in [0.29, 0.717) is 11.7 Å². The van der Waals surface area contributed by atoms with Crippen molar-refractivity contribution in [3.63, 3.8) is 0 Å². The maximum atomic E-state index is 11.7. The molecule has 19 heavy (non-hydrogen) atoms. The standard InChI is InChI=1S/C14H10ClN3O/c15-14-11(8-18-9-16-6-5-13(18)19)7-10-3-1-2-4-12(10)17-14/h1-7,9H,8H2. The number of para-hydroxylation sites is 1. The first-order valence-corrected chi connectivity index (χ1v) is 6.16. The number of nitrogens with zero attached hydrogens (tertiary/aromatic N) is 3. The van der Waals surface area contributed by atoms with Crippen molar-refractivity contribution in [2.45, 2.75) is 6.54 Å². The van der Waals surface area contributed by atoms with E-state index < -0.39 is 0 Å². The van der Waals surface area contributed by atoms with Crippen molar-refractivity contribution in [3.8, 4) is 0 Å². The highest BCUT2D eigenvalue weighted by Crippen LogP contribution is 2.20. The van der Waals surface area contributed by atoms with E-state index in [-0.39, 0.29) is 5.56 Å². The van der Waals surface area contributed by atoms with Crippen molar-refractivity contribution in [1.29, 1.82) is 0 Å². The molecule has 0 amide bonds. The summed E-state index contributed by atoms with van der Waals surface area (Å²) in [6.07, 6.45) is 2.97. The molecular formula is C14H10ClN3O. The van der Waals surface area contributed by atoms with Crippen LogP contribution >= 0.6 is 11.6 Å². The minimum Gasteiger partial charge on any atom is -0.295 e. The quantitative estimate of drug-likeness (QED) is 0.673. The van der Waals surface area contributed by atoms with Gasteiger partial charge < -0.3 is 0 Å². The molecule has 0 fully saturated rings. The summed E-state index contributed by atoms with van der Waals surface area (Å²) in [5, 5.41) is 1.41. The van der Waals surface area contributed by atoms with Gasteiger partial charge in [0.05, 0.1) is 18.4 Å². The maximum absolute atomic E-state index is 11.7. The number of fused-ring (bicyclic) bond motifs is 1. The molecule has 94 valence electrons. The van der Waals surface area contributed by atoms with Crippen LogP contribution in [0.1, 0.15) is 5.56 Å². The molecule has 0 bridgehead atoms. The molecule has 0 unspecified atom stereocenters. The van der Waals surface area contributed by atoms with Gasteiger partial charge in [0, 0.05) is 23.2 Å². The molecule has 0 atom stereocenters. The molecule has 0 aliphatic heterocycles. The average Bonchev–Trinajstić information content (AvgIpc) is 2.42. The van der Waals surface area contributed by atoms with E-state index in [1.807, 2.05) is 30.3 Å². The van der Waals surface area contributed by atoms with Gasteiger partial charge in [0.2, 0.25) is 0 Å². The Kier molecular flexibility index (Phi) is 3.01. The lowest BCUT2D eigenvalue weighted by atomic mass is 10.1. The summed E-state index contributed by atoms with van der Waals surface area (Å²) in [5.74, 6) is 0. The Morgan fingerprint density at radius 1 is 1.21 bits per heavy atom. The van der Waals surface area contributed by atoms with Gasteiger partial charge in [0.1, 0.15) is 5.15 Å². The van der Waals surface area contributed by atoms with Crippen molar-refractivity contribution >= 4 is 22.5 Å². The number of halogens is 1. The van der Waals surface area contributed by atoms with E-state index in [1.165, 1.54) is 23.2 Å². The highest BCUT2D eigenvalue weighted by Gasteiger charge is 2.06. The number of hydrogen-bond acceptors (Lipinski definition) is 3. The number of pyridine rings is 1. The summed E-state index contributed by atoms with van der Waals surface area (Å²) in [7, 11) is 0. The summed E-state index contributed by atoms with van der Waals surface area (Å²) in [6, 6.07) is 11.1. The second kappa shape index (κ2) is 4.82. The lowest BCUT2D eigenvalue weighted by Crippen LogP contribution is -2.19. The Balaban J connectivity index is 2.08. The molecule has 0 aliphatic carbocycles. The van der Waals surface area contributed by atoms with Crippen LogP contribution in [0.2, 0.25) is 5.15 Å². The Morgan fingerprint density at radius 3 is 2.89 bits per heavy atom. The Morgan fingerprint density at radius 2 is 2.05 bits per heavy atom. The lowest BCUT2D eigenvalue weighted by molar-refractivity contribution is 0.734. The van der Waals surface area contributed by atoms with Gasteiger partial charge in [-0.3, -0.25) is 9.36 Å². The second-order valence-electron chi connectivity index (χ2n) is 4.18. The van der Waals surface area contributed by atoms with Gasteiger partial charge in [-0.05, 0) is 12.1 Å². The molecule has 0 saturated carbocycles. The van der Waals surface area contributed by atoms with Crippen LogP contribution in [0.4, 0.5) is 0 Å². The summed E-state index contributed by atoms with van der Waals surface area (Å²) in [5.41, 5.74) is 1.53.